The molecular formula is C18H21NO4S2. The predicted octanol–water partition coefficient (Wildman–Crippen LogP) is 4.36. The van der Waals surface area contributed by atoms with Gasteiger partial charge < -0.3 is 14.8 Å². The van der Waals surface area contributed by atoms with Gasteiger partial charge in [0.25, 0.3) is 0 Å². The average Bonchev–Trinajstić information content (AvgIpc) is 2.96. The summed E-state index contributed by atoms with van der Waals surface area (Å²) >= 11 is 2.85. The number of thiophene rings is 1. The molecule has 7 heteroatoms. The molecular weight excluding hydrogens is 358 g/mol. The molecule has 0 aliphatic rings. The molecule has 0 spiro atoms. The van der Waals surface area contributed by atoms with Crippen LogP contribution in [0.25, 0.3) is 0 Å². The monoisotopic (exact) mass is 379 g/mol. The number of hydrogen-bond donors (Lipinski definition) is 1. The standard InChI is InChI=1S/C18H21NO4S2/c1-4-23-18(21)17-12(2)11-16(25-17)19-15(20)9-10-24-14-7-5-13(22-3)6-8-14/h5-8,11H,4,9-10H2,1-3H3,(H,19,20). The maximum absolute atomic E-state index is 12.1. The molecule has 2 aromatic rings. The lowest BCUT2D eigenvalue weighted by Crippen LogP contribution is -2.11. The van der Waals surface area contributed by atoms with Gasteiger partial charge in [-0.15, -0.1) is 23.1 Å². The summed E-state index contributed by atoms with van der Waals surface area (Å²) in [5.74, 6) is 1.07. The van der Waals surface area contributed by atoms with Crippen molar-refractivity contribution in [2.75, 3.05) is 24.8 Å². The van der Waals surface area contributed by atoms with E-state index in [9.17, 15) is 9.59 Å². The molecule has 1 aromatic carbocycles. The van der Waals surface area contributed by atoms with E-state index in [4.69, 9.17) is 9.47 Å². The maximum Gasteiger partial charge on any atom is 0.348 e. The minimum absolute atomic E-state index is 0.0716. The molecule has 0 saturated carbocycles. The lowest BCUT2D eigenvalue weighted by atomic mass is 10.3. The van der Waals surface area contributed by atoms with Gasteiger partial charge in [0.2, 0.25) is 5.91 Å². The molecule has 0 bridgehead atoms. The molecule has 1 N–H and O–H groups in total. The number of ether oxygens (including phenoxy) is 2. The molecule has 0 aliphatic heterocycles. The smallest absolute Gasteiger partial charge is 0.348 e. The van der Waals surface area contributed by atoms with Crippen molar-refractivity contribution >= 4 is 40.0 Å². The van der Waals surface area contributed by atoms with Gasteiger partial charge in [-0.1, -0.05) is 0 Å². The zero-order chi connectivity index (χ0) is 18.2. The second kappa shape index (κ2) is 9.48. The highest BCUT2D eigenvalue weighted by Crippen LogP contribution is 2.28. The van der Waals surface area contributed by atoms with Crippen LogP contribution < -0.4 is 10.1 Å². The van der Waals surface area contributed by atoms with Gasteiger partial charge in [0.15, 0.2) is 0 Å². The van der Waals surface area contributed by atoms with Crippen LogP contribution >= 0.6 is 23.1 Å². The zero-order valence-corrected chi connectivity index (χ0v) is 16.1. The molecule has 0 atom stereocenters. The third-order valence-corrected chi connectivity index (χ3v) is 5.44. The number of methoxy groups -OCH3 is 1. The van der Waals surface area contributed by atoms with E-state index in [2.05, 4.69) is 5.32 Å². The quantitative estimate of drug-likeness (QED) is 0.545. The second-order valence-corrected chi connectivity index (χ2v) is 7.39. The minimum atomic E-state index is -0.347. The largest absolute Gasteiger partial charge is 0.497 e. The fraction of sp³-hybridized carbons (Fsp3) is 0.333. The van der Waals surface area contributed by atoms with Gasteiger partial charge in [-0.05, 0) is 49.7 Å². The first kappa shape index (κ1) is 19.3. The lowest BCUT2D eigenvalue weighted by molar-refractivity contribution is -0.115. The Morgan fingerprint density at radius 2 is 1.96 bits per heavy atom. The summed E-state index contributed by atoms with van der Waals surface area (Å²) in [5.41, 5.74) is 0.811. The maximum atomic E-state index is 12.1. The normalized spacial score (nSPS) is 10.4. The van der Waals surface area contributed by atoms with Gasteiger partial charge in [-0.2, -0.15) is 0 Å². The van der Waals surface area contributed by atoms with E-state index < -0.39 is 0 Å². The number of aryl methyl sites for hydroxylation is 1. The summed E-state index contributed by atoms with van der Waals surface area (Å²) in [6.07, 6.45) is 0.391. The highest BCUT2D eigenvalue weighted by atomic mass is 32.2. The fourth-order valence-corrected chi connectivity index (χ4v) is 3.91. The molecule has 1 heterocycles. The van der Waals surface area contributed by atoms with Crippen molar-refractivity contribution in [2.24, 2.45) is 0 Å². The number of nitrogens with one attached hydrogen (secondary N) is 1. The Hall–Kier alpha value is -1.99. The molecule has 0 unspecified atom stereocenters. The molecule has 2 rings (SSSR count). The summed E-state index contributed by atoms with van der Waals surface area (Å²) < 4.78 is 10.1. The van der Waals surface area contributed by atoms with Crippen molar-refractivity contribution in [3.05, 3.63) is 40.8 Å². The first-order valence-corrected chi connectivity index (χ1v) is 9.68. The Kier molecular flexibility index (Phi) is 7.33. The molecule has 0 fully saturated rings. The first-order chi connectivity index (χ1) is 12.0. The first-order valence-electron chi connectivity index (χ1n) is 7.87. The number of amides is 1. The van der Waals surface area contributed by atoms with Gasteiger partial charge in [-0.25, -0.2) is 4.79 Å². The molecule has 0 saturated heterocycles. The summed E-state index contributed by atoms with van der Waals surface area (Å²) in [6, 6.07) is 9.53. The van der Waals surface area contributed by atoms with Crippen LogP contribution in [0.2, 0.25) is 0 Å². The highest BCUT2D eigenvalue weighted by Gasteiger charge is 2.15. The number of anilines is 1. The SMILES string of the molecule is CCOC(=O)c1sc(NC(=O)CCSc2ccc(OC)cc2)cc1C. The van der Waals surface area contributed by atoms with Crippen molar-refractivity contribution in [3.8, 4) is 5.75 Å². The van der Waals surface area contributed by atoms with Crippen LogP contribution in [-0.4, -0.2) is 31.3 Å². The van der Waals surface area contributed by atoms with Crippen LogP contribution in [0.1, 0.15) is 28.6 Å². The molecule has 1 aromatic heterocycles. The van der Waals surface area contributed by atoms with Crippen LogP contribution in [0, 0.1) is 6.92 Å². The number of rotatable bonds is 8. The lowest BCUT2D eigenvalue weighted by Gasteiger charge is -2.04. The van der Waals surface area contributed by atoms with E-state index in [0.29, 0.717) is 28.7 Å². The van der Waals surface area contributed by atoms with E-state index in [1.807, 2.05) is 31.2 Å². The van der Waals surface area contributed by atoms with Crippen molar-refractivity contribution in [2.45, 2.75) is 25.2 Å². The van der Waals surface area contributed by atoms with Crippen molar-refractivity contribution in [1.29, 1.82) is 0 Å². The number of carbonyl (C=O) groups is 2. The topological polar surface area (TPSA) is 64.6 Å². The van der Waals surface area contributed by atoms with E-state index >= 15 is 0 Å². The molecule has 0 aliphatic carbocycles. The number of carbonyl (C=O) groups excluding carboxylic acids is 2. The van der Waals surface area contributed by atoms with Gasteiger partial charge >= 0.3 is 5.97 Å². The Morgan fingerprint density at radius 1 is 1.24 bits per heavy atom. The van der Waals surface area contributed by atoms with E-state index in [1.165, 1.54) is 11.3 Å². The van der Waals surface area contributed by atoms with Gasteiger partial charge in [0, 0.05) is 17.1 Å². The third-order valence-electron chi connectivity index (χ3n) is 3.30. The molecule has 25 heavy (non-hydrogen) atoms. The summed E-state index contributed by atoms with van der Waals surface area (Å²) in [7, 11) is 1.63. The molecule has 1 amide bonds. The Balaban J connectivity index is 1.81. The average molecular weight is 380 g/mol. The van der Waals surface area contributed by atoms with Crippen molar-refractivity contribution in [3.63, 3.8) is 0 Å². The number of benzene rings is 1. The summed E-state index contributed by atoms with van der Waals surface area (Å²) in [6.45, 7) is 3.93. The predicted molar refractivity (Wildman–Crippen MR) is 102 cm³/mol. The van der Waals surface area contributed by atoms with Crippen LogP contribution in [0.5, 0.6) is 5.75 Å². The number of hydrogen-bond acceptors (Lipinski definition) is 6. The van der Waals surface area contributed by atoms with Crippen LogP contribution in [0.3, 0.4) is 0 Å². The molecule has 0 radical (unpaired) electrons. The van der Waals surface area contributed by atoms with Crippen LogP contribution in [0.4, 0.5) is 5.00 Å². The van der Waals surface area contributed by atoms with E-state index in [1.54, 1.807) is 31.9 Å². The van der Waals surface area contributed by atoms with Gasteiger partial charge in [0.1, 0.15) is 10.6 Å². The fourth-order valence-electron chi connectivity index (χ4n) is 2.08. The van der Waals surface area contributed by atoms with Crippen molar-refractivity contribution in [1.82, 2.24) is 0 Å². The minimum Gasteiger partial charge on any atom is -0.497 e. The number of thioether (sulfide) groups is 1. The van der Waals surface area contributed by atoms with Gasteiger partial charge in [0.05, 0.1) is 18.7 Å². The highest BCUT2D eigenvalue weighted by molar-refractivity contribution is 7.99. The van der Waals surface area contributed by atoms with E-state index in [0.717, 1.165) is 16.2 Å². The number of esters is 1. The Bertz CT molecular complexity index is 725. The third kappa shape index (κ3) is 5.79. The second-order valence-electron chi connectivity index (χ2n) is 5.17. The zero-order valence-electron chi connectivity index (χ0n) is 14.5. The summed E-state index contributed by atoms with van der Waals surface area (Å²) in [5, 5.41) is 3.51. The Labute approximate surface area is 155 Å². The van der Waals surface area contributed by atoms with E-state index in [-0.39, 0.29) is 11.9 Å². The van der Waals surface area contributed by atoms with Crippen LogP contribution in [-0.2, 0) is 9.53 Å². The molecule has 5 nitrogen and oxygen atoms in total. The summed E-state index contributed by atoms with van der Waals surface area (Å²) in [4.78, 5) is 25.5. The molecule has 134 valence electrons. The van der Waals surface area contributed by atoms with Gasteiger partial charge in [-0.3, -0.25) is 4.79 Å². The Morgan fingerprint density at radius 3 is 2.60 bits per heavy atom. The van der Waals surface area contributed by atoms with Crippen LogP contribution in [0.15, 0.2) is 35.2 Å². The van der Waals surface area contributed by atoms with Crippen molar-refractivity contribution < 1.29 is 19.1 Å².